The molecule has 0 aliphatic heterocycles. The Morgan fingerprint density at radius 3 is 2.64 bits per heavy atom. The molecule has 0 aliphatic carbocycles. The van der Waals surface area contributed by atoms with Crippen molar-refractivity contribution < 1.29 is 19.1 Å². The van der Waals surface area contributed by atoms with Crippen LogP contribution in [0.15, 0.2) is 18.8 Å². The molecule has 2 heterocycles. The van der Waals surface area contributed by atoms with Crippen molar-refractivity contribution in [3.8, 4) is 0 Å². The summed E-state index contributed by atoms with van der Waals surface area (Å²) in [5.74, 6) is -0.394. The lowest BCUT2D eigenvalue weighted by Gasteiger charge is -2.19. The van der Waals surface area contributed by atoms with Crippen LogP contribution in [-0.4, -0.2) is 28.8 Å². The highest BCUT2D eigenvalue weighted by atomic mass is 32.1. The number of carbonyl (C=O) groups is 2. The van der Waals surface area contributed by atoms with Crippen LogP contribution in [0.4, 0.5) is 4.79 Å². The van der Waals surface area contributed by atoms with E-state index < -0.39 is 17.7 Å². The van der Waals surface area contributed by atoms with Crippen molar-refractivity contribution in [2.45, 2.75) is 33.3 Å². The fourth-order valence-corrected chi connectivity index (χ4v) is 2.99. The van der Waals surface area contributed by atoms with Crippen molar-refractivity contribution in [3.05, 3.63) is 29.3 Å². The normalized spacial score (nSPS) is 11.5. The van der Waals surface area contributed by atoms with Crippen LogP contribution in [0.3, 0.4) is 0 Å². The van der Waals surface area contributed by atoms with E-state index in [0.29, 0.717) is 17.0 Å². The average molecular weight is 321 g/mol. The van der Waals surface area contributed by atoms with Crippen molar-refractivity contribution in [2.75, 3.05) is 6.61 Å². The molecule has 0 radical (unpaired) electrons. The molecule has 0 saturated carbocycles. The number of aromatic nitrogens is 1. The highest BCUT2D eigenvalue weighted by Crippen LogP contribution is 2.32. The van der Waals surface area contributed by atoms with Gasteiger partial charge in [-0.1, -0.05) is 12.7 Å². The van der Waals surface area contributed by atoms with Gasteiger partial charge >= 0.3 is 12.1 Å². The molecule has 0 spiro atoms. The minimum Gasteiger partial charge on any atom is -0.462 e. The first kappa shape index (κ1) is 16.3. The zero-order valence-electron chi connectivity index (χ0n) is 13.1. The lowest BCUT2D eigenvalue weighted by Crippen LogP contribution is -2.26. The number of thiophene rings is 1. The summed E-state index contributed by atoms with van der Waals surface area (Å²) in [4.78, 5) is 24.6. The quantitative estimate of drug-likeness (QED) is 0.791. The van der Waals surface area contributed by atoms with Crippen LogP contribution < -0.4 is 0 Å². The van der Waals surface area contributed by atoms with Gasteiger partial charge in [-0.3, -0.25) is 4.57 Å². The standard InChI is InChI=1S/C16H19NO4S/c1-6-10-9-17(15(19)21-16(3,4)5)11-8-12(22-13(10)11)14(18)20-7-2/h6,8-9H,1,7H2,2-5H3. The predicted molar refractivity (Wildman–Crippen MR) is 87.5 cm³/mol. The Hall–Kier alpha value is -2.08. The SMILES string of the molecule is C=Cc1cn(C(=O)OC(C)(C)C)c2cc(C(=O)OCC)sc12. The van der Waals surface area contributed by atoms with Gasteiger partial charge in [0, 0.05) is 11.8 Å². The molecule has 0 amide bonds. The maximum absolute atomic E-state index is 12.3. The van der Waals surface area contributed by atoms with Crippen LogP contribution in [0.25, 0.3) is 16.3 Å². The molecule has 0 aromatic carbocycles. The molecule has 22 heavy (non-hydrogen) atoms. The number of hydrogen-bond acceptors (Lipinski definition) is 5. The number of hydrogen-bond donors (Lipinski definition) is 0. The average Bonchev–Trinajstić information content (AvgIpc) is 2.94. The second kappa shape index (κ2) is 5.96. The van der Waals surface area contributed by atoms with Gasteiger partial charge in [-0.05, 0) is 33.8 Å². The van der Waals surface area contributed by atoms with Gasteiger partial charge in [0.1, 0.15) is 10.5 Å². The first-order valence-corrected chi connectivity index (χ1v) is 7.76. The van der Waals surface area contributed by atoms with E-state index in [2.05, 4.69) is 6.58 Å². The third kappa shape index (κ3) is 3.22. The Morgan fingerprint density at radius 2 is 2.09 bits per heavy atom. The first-order chi connectivity index (χ1) is 10.3. The van der Waals surface area contributed by atoms with E-state index in [1.165, 1.54) is 15.9 Å². The van der Waals surface area contributed by atoms with Crippen LogP contribution in [0.5, 0.6) is 0 Å². The summed E-state index contributed by atoms with van der Waals surface area (Å²) in [6.45, 7) is 11.2. The van der Waals surface area contributed by atoms with Crippen molar-refractivity contribution >= 4 is 39.7 Å². The molecular formula is C16H19NO4S. The fourth-order valence-electron chi connectivity index (χ4n) is 1.94. The highest BCUT2D eigenvalue weighted by Gasteiger charge is 2.23. The van der Waals surface area contributed by atoms with E-state index in [-0.39, 0.29) is 0 Å². The summed E-state index contributed by atoms with van der Waals surface area (Å²) in [7, 11) is 0. The molecule has 2 rings (SSSR count). The molecule has 0 saturated heterocycles. The summed E-state index contributed by atoms with van der Waals surface area (Å²) < 4.78 is 12.6. The maximum atomic E-state index is 12.3. The summed E-state index contributed by atoms with van der Waals surface area (Å²) in [5, 5.41) is 0. The lowest BCUT2D eigenvalue weighted by molar-refractivity contribution is 0.0523. The first-order valence-electron chi connectivity index (χ1n) is 6.94. The maximum Gasteiger partial charge on any atom is 0.419 e. The van der Waals surface area contributed by atoms with Crippen molar-refractivity contribution in [1.29, 1.82) is 0 Å². The third-order valence-corrected chi connectivity index (χ3v) is 3.94. The number of nitrogens with zero attached hydrogens (tertiary/aromatic N) is 1. The fraction of sp³-hybridized carbons (Fsp3) is 0.375. The molecule has 0 aliphatic rings. The van der Waals surface area contributed by atoms with Gasteiger partial charge in [0.2, 0.25) is 0 Å². The second-order valence-corrected chi connectivity index (χ2v) is 6.74. The zero-order valence-corrected chi connectivity index (χ0v) is 14.0. The van der Waals surface area contributed by atoms with Gasteiger partial charge < -0.3 is 9.47 Å². The lowest BCUT2D eigenvalue weighted by atomic mass is 10.2. The smallest absolute Gasteiger partial charge is 0.419 e. The van der Waals surface area contributed by atoms with E-state index in [1.807, 2.05) is 0 Å². The van der Waals surface area contributed by atoms with E-state index in [9.17, 15) is 9.59 Å². The van der Waals surface area contributed by atoms with Crippen LogP contribution in [0.2, 0.25) is 0 Å². The third-order valence-electron chi connectivity index (χ3n) is 2.79. The summed E-state index contributed by atoms with van der Waals surface area (Å²) in [6, 6.07) is 1.65. The van der Waals surface area contributed by atoms with Crippen LogP contribution in [0.1, 0.15) is 42.9 Å². The highest BCUT2D eigenvalue weighted by molar-refractivity contribution is 7.21. The molecule has 0 bridgehead atoms. The van der Waals surface area contributed by atoms with Crippen molar-refractivity contribution in [2.24, 2.45) is 0 Å². The summed E-state index contributed by atoms with van der Waals surface area (Å²) >= 11 is 1.28. The number of esters is 1. The largest absolute Gasteiger partial charge is 0.462 e. The zero-order chi connectivity index (χ0) is 16.5. The summed E-state index contributed by atoms with van der Waals surface area (Å²) in [6.07, 6.45) is 2.82. The monoisotopic (exact) mass is 321 g/mol. The van der Waals surface area contributed by atoms with Gasteiger partial charge in [0.25, 0.3) is 0 Å². The number of fused-ring (bicyclic) bond motifs is 1. The van der Waals surface area contributed by atoms with Crippen LogP contribution >= 0.6 is 11.3 Å². The molecule has 6 heteroatoms. The van der Waals surface area contributed by atoms with E-state index >= 15 is 0 Å². The Morgan fingerprint density at radius 1 is 1.41 bits per heavy atom. The van der Waals surface area contributed by atoms with E-state index in [1.54, 1.807) is 46.0 Å². The minimum absolute atomic E-state index is 0.307. The Bertz CT molecular complexity index is 733. The molecule has 0 atom stereocenters. The molecule has 0 unspecified atom stereocenters. The number of rotatable bonds is 3. The Kier molecular flexibility index (Phi) is 4.42. The number of carbonyl (C=O) groups excluding carboxylic acids is 2. The Balaban J connectivity index is 2.49. The molecule has 0 N–H and O–H groups in total. The van der Waals surface area contributed by atoms with Gasteiger partial charge in [-0.2, -0.15) is 0 Å². The number of ether oxygens (including phenoxy) is 2. The molecule has 118 valence electrons. The van der Waals surface area contributed by atoms with Crippen LogP contribution in [-0.2, 0) is 9.47 Å². The molecular weight excluding hydrogens is 302 g/mol. The van der Waals surface area contributed by atoms with Crippen molar-refractivity contribution in [1.82, 2.24) is 4.57 Å². The molecule has 2 aromatic heterocycles. The van der Waals surface area contributed by atoms with E-state index in [0.717, 1.165) is 10.3 Å². The van der Waals surface area contributed by atoms with Gasteiger partial charge in [0.15, 0.2) is 0 Å². The second-order valence-electron chi connectivity index (χ2n) is 5.68. The molecule has 0 fully saturated rings. The van der Waals surface area contributed by atoms with E-state index in [4.69, 9.17) is 9.47 Å². The minimum atomic E-state index is -0.595. The molecule has 5 nitrogen and oxygen atoms in total. The predicted octanol–water partition coefficient (Wildman–Crippen LogP) is 4.31. The van der Waals surface area contributed by atoms with Gasteiger partial charge in [-0.15, -0.1) is 11.3 Å². The van der Waals surface area contributed by atoms with Crippen molar-refractivity contribution in [3.63, 3.8) is 0 Å². The van der Waals surface area contributed by atoms with Crippen LogP contribution in [0, 0.1) is 0 Å². The summed E-state index contributed by atoms with van der Waals surface area (Å²) in [5.41, 5.74) is 0.806. The van der Waals surface area contributed by atoms with Gasteiger partial charge in [0.05, 0.1) is 16.8 Å². The van der Waals surface area contributed by atoms with Gasteiger partial charge in [-0.25, -0.2) is 9.59 Å². The Labute approximate surface area is 133 Å². The molecule has 2 aromatic rings. The topological polar surface area (TPSA) is 57.5 Å².